The molecule has 3 aliphatic rings. The quantitative estimate of drug-likeness (QED) is 0.419. The van der Waals surface area contributed by atoms with Crippen LogP contribution in [0.2, 0.25) is 0 Å². The molecule has 0 aromatic carbocycles. The second-order valence-electron chi connectivity index (χ2n) is 10.0. The van der Waals surface area contributed by atoms with Gasteiger partial charge in [0.25, 0.3) is 0 Å². The fraction of sp³-hybridized carbons (Fsp3) is 0.680. The molecule has 0 bridgehead atoms. The second kappa shape index (κ2) is 8.37. The molecule has 2 fully saturated rings. The number of aliphatic hydroxyl groups excluding tert-OH is 1. The van der Waals surface area contributed by atoms with Crippen LogP contribution in [-0.4, -0.2) is 37.7 Å². The highest BCUT2D eigenvalue weighted by molar-refractivity contribution is 8.00. The smallest absolute Gasteiger partial charge is 0.117 e. The number of rotatable bonds is 5. The third-order valence-electron chi connectivity index (χ3n) is 7.08. The largest absolute Gasteiger partial charge is 0.390 e. The summed E-state index contributed by atoms with van der Waals surface area (Å²) in [4.78, 5) is -1.07. The molecule has 0 spiro atoms. The van der Waals surface area contributed by atoms with Crippen molar-refractivity contribution in [1.82, 2.24) is 0 Å². The van der Waals surface area contributed by atoms with Gasteiger partial charge in [-0.05, 0) is 68.4 Å². The van der Waals surface area contributed by atoms with Crippen molar-refractivity contribution in [3.05, 3.63) is 47.1 Å². The molecule has 0 unspecified atom stereocenters. The number of thioether (sulfide) groups is 1. The van der Waals surface area contributed by atoms with Crippen LogP contribution in [0.4, 0.5) is 0 Å². The lowest BCUT2D eigenvalue weighted by Crippen LogP contribution is -2.39. The van der Waals surface area contributed by atoms with Gasteiger partial charge in [-0.15, -0.1) is 11.8 Å². The molecule has 3 rings (SSSR count). The maximum Gasteiger partial charge on any atom is 0.117 e. The van der Waals surface area contributed by atoms with E-state index in [0.29, 0.717) is 29.1 Å². The topological polar surface area (TPSA) is 60.7 Å². The number of hydrogen-bond acceptors (Lipinski definition) is 4. The summed E-state index contributed by atoms with van der Waals surface area (Å²) in [6.07, 6.45) is 12.6. The molecular formula is C25H38O3S. The van der Waals surface area contributed by atoms with Crippen molar-refractivity contribution in [2.75, 3.05) is 5.75 Å². The lowest BCUT2D eigenvalue weighted by atomic mass is 9.64. The maximum absolute atomic E-state index is 11.1. The molecular weight excluding hydrogens is 380 g/mol. The van der Waals surface area contributed by atoms with Gasteiger partial charge in [0.05, 0.1) is 11.7 Å². The Balaban J connectivity index is 1.80. The first-order chi connectivity index (χ1) is 13.5. The molecule has 0 amide bonds. The summed E-state index contributed by atoms with van der Waals surface area (Å²) in [6.45, 7) is 12.3. The van der Waals surface area contributed by atoms with E-state index in [0.717, 1.165) is 24.8 Å². The van der Waals surface area contributed by atoms with Crippen LogP contribution in [0.3, 0.4) is 0 Å². The van der Waals surface area contributed by atoms with Crippen LogP contribution < -0.4 is 0 Å². The van der Waals surface area contributed by atoms with Crippen molar-refractivity contribution >= 4 is 11.8 Å². The van der Waals surface area contributed by atoms with Gasteiger partial charge in [0.2, 0.25) is 0 Å². The van der Waals surface area contributed by atoms with Gasteiger partial charge in [0.15, 0.2) is 0 Å². The van der Waals surface area contributed by atoms with Crippen LogP contribution in [0.1, 0.15) is 72.6 Å². The Morgan fingerprint density at radius 1 is 1.34 bits per heavy atom. The van der Waals surface area contributed by atoms with E-state index in [1.807, 2.05) is 0 Å². The minimum Gasteiger partial charge on any atom is -0.390 e. The summed E-state index contributed by atoms with van der Waals surface area (Å²) in [5.74, 6) is 0.997. The molecule has 0 radical (unpaired) electrons. The third kappa shape index (κ3) is 4.92. The van der Waals surface area contributed by atoms with Crippen molar-refractivity contribution < 1.29 is 15.3 Å². The van der Waals surface area contributed by atoms with Gasteiger partial charge in [-0.1, -0.05) is 49.8 Å². The van der Waals surface area contributed by atoms with E-state index < -0.39 is 16.6 Å². The maximum atomic E-state index is 11.1. The van der Waals surface area contributed by atoms with Gasteiger partial charge < -0.3 is 15.3 Å². The molecule has 4 atom stereocenters. The summed E-state index contributed by atoms with van der Waals surface area (Å²) in [7, 11) is 0. The molecule has 3 nitrogen and oxygen atoms in total. The van der Waals surface area contributed by atoms with Crippen molar-refractivity contribution in [3.63, 3.8) is 0 Å². The molecule has 162 valence electrons. The van der Waals surface area contributed by atoms with E-state index >= 15 is 0 Å². The Morgan fingerprint density at radius 2 is 2.07 bits per heavy atom. The van der Waals surface area contributed by atoms with E-state index in [1.54, 1.807) is 19.4 Å². The molecule has 0 heterocycles. The Labute approximate surface area is 180 Å². The highest BCUT2D eigenvalue weighted by atomic mass is 32.2. The Morgan fingerprint density at radius 3 is 2.72 bits per heavy atom. The molecule has 0 aliphatic heterocycles. The monoisotopic (exact) mass is 418 g/mol. The highest BCUT2D eigenvalue weighted by Gasteiger charge is 2.44. The van der Waals surface area contributed by atoms with Gasteiger partial charge in [-0.3, -0.25) is 0 Å². The van der Waals surface area contributed by atoms with Gasteiger partial charge in [-0.25, -0.2) is 0 Å². The molecule has 3 aliphatic carbocycles. The van der Waals surface area contributed by atoms with E-state index in [2.05, 4.69) is 38.7 Å². The first-order valence-electron chi connectivity index (χ1n) is 11.0. The lowest BCUT2D eigenvalue weighted by molar-refractivity contribution is 0.0576. The van der Waals surface area contributed by atoms with Crippen molar-refractivity contribution in [2.45, 2.75) is 89.3 Å². The molecule has 0 aromatic rings. The summed E-state index contributed by atoms with van der Waals surface area (Å²) >= 11 is 1.33. The van der Waals surface area contributed by atoms with E-state index in [9.17, 15) is 15.3 Å². The van der Waals surface area contributed by atoms with Crippen LogP contribution in [0.15, 0.2) is 47.1 Å². The summed E-state index contributed by atoms with van der Waals surface area (Å²) < 4.78 is 0. The first kappa shape index (κ1) is 22.9. The summed E-state index contributed by atoms with van der Waals surface area (Å²) in [6, 6.07) is 0. The minimum atomic E-state index is -1.07. The SMILES string of the molecule is C=C1C(=CC=C2CCC[C@]3(C)C(CC)=CC[C@H]23)C[C@](O)(SCC(C)(C)O)C[C@@H]1O. The Kier molecular flexibility index (Phi) is 6.60. The Bertz CT molecular complexity index is 742. The number of allylic oxidation sites excluding steroid dienone is 5. The van der Waals surface area contributed by atoms with Crippen LogP contribution >= 0.6 is 11.8 Å². The molecule has 0 saturated heterocycles. The fourth-order valence-corrected chi connectivity index (χ4v) is 6.53. The zero-order valence-electron chi connectivity index (χ0n) is 18.5. The molecule has 29 heavy (non-hydrogen) atoms. The van der Waals surface area contributed by atoms with Crippen LogP contribution in [0.25, 0.3) is 0 Å². The standard InChI is InChI=1S/C25H38O3S/c1-6-20-11-12-21-18(8-7-13-24(20,21)5)9-10-19-14-25(28,15-22(26)17(19)2)29-16-23(3,4)27/h9-11,21-22,26-28H,2,6-8,12-16H2,1,3-5H3/t21-,22+,24-,25+/m1/s1. The number of hydrogen-bond donors (Lipinski definition) is 3. The average molecular weight is 419 g/mol. The van der Waals surface area contributed by atoms with Crippen LogP contribution in [-0.2, 0) is 0 Å². The number of aliphatic hydroxyl groups is 3. The average Bonchev–Trinajstić information content (AvgIpc) is 2.98. The van der Waals surface area contributed by atoms with E-state index in [-0.39, 0.29) is 6.42 Å². The predicted molar refractivity (Wildman–Crippen MR) is 123 cm³/mol. The molecule has 4 heteroatoms. The van der Waals surface area contributed by atoms with Gasteiger partial charge in [-0.2, -0.15) is 0 Å². The first-order valence-corrected chi connectivity index (χ1v) is 12.0. The van der Waals surface area contributed by atoms with Gasteiger partial charge in [0, 0.05) is 18.6 Å². The fourth-order valence-electron chi connectivity index (χ4n) is 5.37. The van der Waals surface area contributed by atoms with Crippen molar-refractivity contribution in [2.24, 2.45) is 11.3 Å². The van der Waals surface area contributed by atoms with Gasteiger partial charge >= 0.3 is 0 Å². The van der Waals surface area contributed by atoms with Crippen LogP contribution in [0.5, 0.6) is 0 Å². The number of fused-ring (bicyclic) bond motifs is 1. The van der Waals surface area contributed by atoms with Gasteiger partial charge in [0.1, 0.15) is 4.93 Å². The van der Waals surface area contributed by atoms with Crippen LogP contribution in [0, 0.1) is 11.3 Å². The second-order valence-corrected chi connectivity index (χ2v) is 11.4. The molecule has 0 aromatic heterocycles. The lowest BCUT2D eigenvalue weighted by Gasteiger charge is -2.41. The molecule has 2 saturated carbocycles. The Hall–Kier alpha value is -0.810. The summed E-state index contributed by atoms with van der Waals surface area (Å²) in [5, 5.41) is 31.6. The van der Waals surface area contributed by atoms with E-state index in [1.165, 1.54) is 30.2 Å². The minimum absolute atomic E-state index is 0.255. The summed E-state index contributed by atoms with van der Waals surface area (Å²) in [5.41, 5.74) is 4.18. The zero-order valence-corrected chi connectivity index (χ0v) is 19.3. The molecule has 3 N–H and O–H groups in total. The van der Waals surface area contributed by atoms with Crippen molar-refractivity contribution in [3.8, 4) is 0 Å². The predicted octanol–water partition coefficient (Wildman–Crippen LogP) is 5.29. The van der Waals surface area contributed by atoms with E-state index in [4.69, 9.17) is 0 Å². The zero-order chi connectivity index (χ0) is 21.4. The third-order valence-corrected chi connectivity index (χ3v) is 8.78. The van der Waals surface area contributed by atoms with Crippen molar-refractivity contribution in [1.29, 1.82) is 0 Å². The highest BCUT2D eigenvalue weighted by Crippen LogP contribution is 2.55. The normalized spacial score (nSPS) is 38.4.